The highest BCUT2D eigenvalue weighted by Crippen LogP contribution is 2.43. The number of benzene rings is 2. The van der Waals surface area contributed by atoms with E-state index in [0.29, 0.717) is 11.6 Å². The second-order valence-electron chi connectivity index (χ2n) is 5.76. The van der Waals surface area contributed by atoms with Gasteiger partial charge in [0.2, 0.25) is 0 Å². The van der Waals surface area contributed by atoms with Crippen LogP contribution in [0.15, 0.2) is 60.3 Å². The van der Waals surface area contributed by atoms with Gasteiger partial charge in [0.25, 0.3) is 0 Å². The fourth-order valence-electron chi connectivity index (χ4n) is 3.11. The number of hydrogen-bond donors (Lipinski definition) is 2. The quantitative estimate of drug-likeness (QED) is 0.887. The third-order valence-electron chi connectivity index (χ3n) is 3.93. The molecule has 2 aromatic rings. The third kappa shape index (κ3) is 2.52. The van der Waals surface area contributed by atoms with Crippen LogP contribution in [-0.4, -0.2) is 0 Å². The predicted molar refractivity (Wildman–Crippen MR) is 94.4 cm³/mol. The number of nitrogens with zero attached hydrogens (tertiary/aromatic N) is 1. The lowest BCUT2D eigenvalue weighted by Gasteiger charge is -2.34. The van der Waals surface area contributed by atoms with Crippen molar-refractivity contribution in [3.05, 3.63) is 76.9 Å². The average molecular weight is 307 g/mol. The molecule has 0 bridgehead atoms. The Bertz CT molecular complexity index is 798. The molecule has 23 heavy (non-hydrogen) atoms. The van der Waals surface area contributed by atoms with Gasteiger partial charge in [0.15, 0.2) is 17.3 Å². The first-order valence-electron chi connectivity index (χ1n) is 7.56. The third-order valence-corrected chi connectivity index (χ3v) is 3.93. The van der Waals surface area contributed by atoms with Gasteiger partial charge in [-0.25, -0.2) is 0 Å². The van der Waals surface area contributed by atoms with Crippen LogP contribution in [0.3, 0.4) is 0 Å². The van der Waals surface area contributed by atoms with Crippen molar-refractivity contribution in [2.45, 2.75) is 20.8 Å². The SMILES string of the molecule is Cc1cc(C)c(N2C(N)=C(/C=C\N)Oc3ccccc32)c(C)c1. The van der Waals surface area contributed by atoms with Crippen LogP contribution in [0.25, 0.3) is 0 Å². The van der Waals surface area contributed by atoms with E-state index in [9.17, 15) is 0 Å². The molecule has 0 aliphatic carbocycles. The van der Waals surface area contributed by atoms with E-state index in [0.717, 1.165) is 17.1 Å². The summed E-state index contributed by atoms with van der Waals surface area (Å²) in [6.07, 6.45) is 3.11. The summed E-state index contributed by atoms with van der Waals surface area (Å²) in [5.74, 6) is 1.83. The van der Waals surface area contributed by atoms with Gasteiger partial charge in [-0.2, -0.15) is 0 Å². The summed E-state index contributed by atoms with van der Waals surface area (Å²) in [5, 5.41) is 0. The van der Waals surface area contributed by atoms with Crippen molar-refractivity contribution >= 4 is 11.4 Å². The minimum Gasteiger partial charge on any atom is -0.451 e. The Labute approximate surface area is 136 Å². The second-order valence-corrected chi connectivity index (χ2v) is 5.76. The van der Waals surface area contributed by atoms with Crippen LogP contribution in [-0.2, 0) is 0 Å². The Morgan fingerprint density at radius 3 is 2.35 bits per heavy atom. The minimum absolute atomic E-state index is 0.528. The Hall–Kier alpha value is -2.88. The van der Waals surface area contributed by atoms with E-state index in [2.05, 4.69) is 32.9 Å². The molecule has 0 spiro atoms. The van der Waals surface area contributed by atoms with Crippen molar-refractivity contribution in [2.75, 3.05) is 4.90 Å². The monoisotopic (exact) mass is 307 g/mol. The van der Waals surface area contributed by atoms with Crippen molar-refractivity contribution in [1.82, 2.24) is 0 Å². The number of para-hydroxylation sites is 2. The fraction of sp³-hybridized carbons (Fsp3) is 0.158. The lowest BCUT2D eigenvalue weighted by Crippen LogP contribution is -2.30. The molecule has 4 heteroatoms. The summed E-state index contributed by atoms with van der Waals surface area (Å²) >= 11 is 0. The zero-order valence-corrected chi connectivity index (χ0v) is 13.6. The zero-order chi connectivity index (χ0) is 16.6. The number of aryl methyl sites for hydroxylation is 3. The van der Waals surface area contributed by atoms with Crippen molar-refractivity contribution < 1.29 is 4.74 Å². The predicted octanol–water partition coefficient (Wildman–Crippen LogP) is 3.74. The fourth-order valence-corrected chi connectivity index (χ4v) is 3.11. The number of anilines is 2. The average Bonchev–Trinajstić information content (AvgIpc) is 2.50. The first-order valence-corrected chi connectivity index (χ1v) is 7.56. The molecule has 0 saturated carbocycles. The maximum absolute atomic E-state index is 6.41. The molecule has 1 heterocycles. The molecule has 0 amide bonds. The van der Waals surface area contributed by atoms with Crippen LogP contribution in [0, 0.1) is 20.8 Å². The highest BCUT2D eigenvalue weighted by Gasteiger charge is 2.27. The maximum Gasteiger partial charge on any atom is 0.169 e. The van der Waals surface area contributed by atoms with Crippen LogP contribution < -0.4 is 21.1 Å². The standard InChI is InChI=1S/C19H21N3O/c1-12-10-13(2)18(14(3)11-12)22-15-6-4-5-7-16(15)23-17(8-9-20)19(22)21/h4-11H,20-21H2,1-3H3/b9-8-. The largest absolute Gasteiger partial charge is 0.451 e. The van der Waals surface area contributed by atoms with E-state index in [1.807, 2.05) is 29.2 Å². The number of nitrogens with two attached hydrogens (primary N) is 2. The molecule has 0 radical (unpaired) electrons. The summed E-state index contributed by atoms with van der Waals surface area (Å²) in [4.78, 5) is 2.04. The molecule has 4 N–H and O–H groups in total. The molecule has 0 aromatic heterocycles. The summed E-state index contributed by atoms with van der Waals surface area (Å²) in [5.41, 5.74) is 17.5. The molecule has 0 unspecified atom stereocenters. The van der Waals surface area contributed by atoms with E-state index in [4.69, 9.17) is 16.2 Å². The Morgan fingerprint density at radius 1 is 1.04 bits per heavy atom. The molecule has 0 saturated heterocycles. The number of fused-ring (bicyclic) bond motifs is 1. The van der Waals surface area contributed by atoms with Gasteiger partial charge in [-0.3, -0.25) is 4.90 Å². The number of rotatable bonds is 2. The summed E-state index contributed by atoms with van der Waals surface area (Å²) in [6, 6.07) is 12.2. The second kappa shape index (κ2) is 5.72. The molecule has 118 valence electrons. The molecule has 1 aliphatic heterocycles. The van der Waals surface area contributed by atoms with Crippen molar-refractivity contribution in [3.63, 3.8) is 0 Å². The highest BCUT2D eigenvalue weighted by atomic mass is 16.5. The lowest BCUT2D eigenvalue weighted by molar-refractivity contribution is 0.427. The number of allylic oxidation sites excluding steroid dienone is 1. The van der Waals surface area contributed by atoms with Crippen molar-refractivity contribution in [2.24, 2.45) is 11.5 Å². The summed E-state index contributed by atoms with van der Waals surface area (Å²) in [7, 11) is 0. The first-order chi connectivity index (χ1) is 11.0. The van der Waals surface area contributed by atoms with Gasteiger partial charge < -0.3 is 16.2 Å². The summed E-state index contributed by atoms with van der Waals surface area (Å²) in [6.45, 7) is 6.29. The zero-order valence-electron chi connectivity index (χ0n) is 13.6. The molecule has 0 fully saturated rings. The van der Waals surface area contributed by atoms with Gasteiger partial charge in [-0.05, 0) is 50.2 Å². The van der Waals surface area contributed by atoms with Gasteiger partial charge in [-0.1, -0.05) is 29.8 Å². The smallest absolute Gasteiger partial charge is 0.169 e. The number of hydrogen-bond acceptors (Lipinski definition) is 4. The Balaban J connectivity index is 2.28. The van der Waals surface area contributed by atoms with Gasteiger partial charge in [0, 0.05) is 6.08 Å². The van der Waals surface area contributed by atoms with E-state index >= 15 is 0 Å². The van der Waals surface area contributed by atoms with E-state index in [1.54, 1.807) is 6.08 Å². The first kappa shape index (κ1) is 15.0. The Kier molecular flexibility index (Phi) is 3.74. The normalized spacial score (nSPS) is 14.1. The maximum atomic E-state index is 6.41. The van der Waals surface area contributed by atoms with Crippen molar-refractivity contribution in [1.29, 1.82) is 0 Å². The van der Waals surface area contributed by atoms with Crippen molar-refractivity contribution in [3.8, 4) is 5.75 Å². The van der Waals surface area contributed by atoms with E-state index < -0.39 is 0 Å². The molecule has 1 aliphatic rings. The summed E-state index contributed by atoms with van der Waals surface area (Å²) < 4.78 is 5.89. The number of ether oxygens (including phenoxy) is 1. The minimum atomic E-state index is 0.528. The van der Waals surface area contributed by atoms with Crippen LogP contribution >= 0.6 is 0 Å². The highest BCUT2D eigenvalue weighted by molar-refractivity contribution is 5.79. The van der Waals surface area contributed by atoms with Gasteiger partial charge in [-0.15, -0.1) is 0 Å². The van der Waals surface area contributed by atoms with E-state index in [-0.39, 0.29) is 0 Å². The van der Waals surface area contributed by atoms with Crippen LogP contribution in [0.5, 0.6) is 5.75 Å². The topological polar surface area (TPSA) is 64.5 Å². The van der Waals surface area contributed by atoms with Crippen LogP contribution in [0.2, 0.25) is 0 Å². The van der Waals surface area contributed by atoms with Crippen LogP contribution in [0.1, 0.15) is 16.7 Å². The van der Waals surface area contributed by atoms with Crippen LogP contribution in [0.4, 0.5) is 11.4 Å². The van der Waals surface area contributed by atoms with Gasteiger partial charge in [0.1, 0.15) is 0 Å². The lowest BCUT2D eigenvalue weighted by atomic mass is 10.0. The molecular weight excluding hydrogens is 286 g/mol. The van der Waals surface area contributed by atoms with E-state index in [1.165, 1.54) is 22.9 Å². The molecule has 2 aromatic carbocycles. The van der Waals surface area contributed by atoms with Gasteiger partial charge in [0.05, 0.1) is 11.4 Å². The molecule has 0 atom stereocenters. The molecule has 3 rings (SSSR count). The molecular formula is C19H21N3O. The van der Waals surface area contributed by atoms with Gasteiger partial charge >= 0.3 is 0 Å². The molecule has 4 nitrogen and oxygen atoms in total. The Morgan fingerprint density at radius 2 is 1.70 bits per heavy atom.